The van der Waals surface area contributed by atoms with Crippen LogP contribution in [0.2, 0.25) is 0 Å². The first kappa shape index (κ1) is 13.3. The van der Waals surface area contributed by atoms with E-state index in [9.17, 15) is 9.59 Å². The topological polar surface area (TPSA) is 69.6 Å². The fraction of sp³-hybridized carbons (Fsp3) is 0.846. The van der Waals surface area contributed by atoms with Crippen molar-refractivity contribution in [2.45, 2.75) is 38.6 Å². The lowest BCUT2D eigenvalue weighted by atomic mass is 9.97. The summed E-state index contributed by atoms with van der Waals surface area (Å²) in [5.74, 6) is -0.143. The molecule has 1 saturated carbocycles. The first-order chi connectivity index (χ1) is 8.61. The maximum Gasteiger partial charge on any atom is 0.306 e. The number of carbonyl (C=O) groups excluding carboxylic acids is 1. The third kappa shape index (κ3) is 3.22. The summed E-state index contributed by atoms with van der Waals surface area (Å²) in [6.07, 6.45) is 3.53. The van der Waals surface area contributed by atoms with Gasteiger partial charge in [-0.15, -0.1) is 0 Å². The van der Waals surface area contributed by atoms with Gasteiger partial charge in [-0.05, 0) is 25.2 Å². The molecule has 2 fully saturated rings. The van der Waals surface area contributed by atoms with Crippen molar-refractivity contribution in [3.05, 3.63) is 0 Å². The smallest absolute Gasteiger partial charge is 0.306 e. The number of rotatable bonds is 5. The quantitative estimate of drug-likeness (QED) is 0.757. The molecular formula is C13H22N2O3. The van der Waals surface area contributed by atoms with Crippen molar-refractivity contribution < 1.29 is 14.7 Å². The van der Waals surface area contributed by atoms with Crippen LogP contribution in [-0.2, 0) is 9.59 Å². The molecule has 2 aliphatic rings. The van der Waals surface area contributed by atoms with Crippen LogP contribution >= 0.6 is 0 Å². The predicted molar refractivity (Wildman–Crippen MR) is 67.1 cm³/mol. The summed E-state index contributed by atoms with van der Waals surface area (Å²) >= 11 is 0. The molecule has 1 aliphatic heterocycles. The van der Waals surface area contributed by atoms with E-state index >= 15 is 0 Å². The molecule has 0 spiro atoms. The second kappa shape index (κ2) is 5.69. The third-order valence-electron chi connectivity index (χ3n) is 4.16. The highest BCUT2D eigenvalue weighted by Crippen LogP contribution is 2.32. The molecule has 0 aromatic rings. The standard InChI is InChI=1S/C13H22N2O3/c1-2-9-7-11(9)14-8-12(16)15-5-3-10(4-6-15)13(17)18/h9-11,14H,2-8H2,1H3,(H,17,18). The van der Waals surface area contributed by atoms with Crippen LogP contribution in [0, 0.1) is 11.8 Å². The number of aliphatic carboxylic acids is 1. The fourth-order valence-electron chi connectivity index (χ4n) is 2.65. The van der Waals surface area contributed by atoms with Crippen LogP contribution in [0.1, 0.15) is 32.6 Å². The molecule has 102 valence electrons. The molecule has 0 bridgehead atoms. The van der Waals surface area contributed by atoms with Gasteiger partial charge in [-0.1, -0.05) is 13.3 Å². The van der Waals surface area contributed by atoms with Gasteiger partial charge in [0, 0.05) is 19.1 Å². The number of nitrogens with zero attached hydrogens (tertiary/aromatic N) is 1. The van der Waals surface area contributed by atoms with E-state index in [2.05, 4.69) is 12.2 Å². The van der Waals surface area contributed by atoms with E-state index in [0.717, 1.165) is 5.92 Å². The van der Waals surface area contributed by atoms with E-state index in [1.54, 1.807) is 4.90 Å². The molecule has 2 rings (SSSR count). The van der Waals surface area contributed by atoms with Crippen LogP contribution < -0.4 is 5.32 Å². The summed E-state index contributed by atoms with van der Waals surface area (Å²) in [5.41, 5.74) is 0. The van der Waals surface area contributed by atoms with Crippen molar-refractivity contribution in [3.63, 3.8) is 0 Å². The Morgan fingerprint density at radius 1 is 1.33 bits per heavy atom. The molecule has 0 radical (unpaired) electrons. The Labute approximate surface area is 108 Å². The van der Waals surface area contributed by atoms with Crippen molar-refractivity contribution in [3.8, 4) is 0 Å². The molecule has 1 aliphatic carbocycles. The molecule has 5 heteroatoms. The van der Waals surface area contributed by atoms with Crippen LogP contribution in [-0.4, -0.2) is 47.6 Å². The molecule has 1 amide bonds. The van der Waals surface area contributed by atoms with Gasteiger partial charge in [0.05, 0.1) is 12.5 Å². The summed E-state index contributed by atoms with van der Waals surface area (Å²) in [4.78, 5) is 24.5. The first-order valence-electron chi connectivity index (χ1n) is 6.85. The SMILES string of the molecule is CCC1CC1NCC(=O)N1CCC(C(=O)O)CC1. The Kier molecular flexibility index (Phi) is 4.22. The Bertz CT molecular complexity index is 324. The summed E-state index contributed by atoms with van der Waals surface area (Å²) in [5, 5.41) is 12.2. The van der Waals surface area contributed by atoms with E-state index in [1.165, 1.54) is 12.8 Å². The van der Waals surface area contributed by atoms with E-state index in [1.807, 2.05) is 0 Å². The number of piperidine rings is 1. The largest absolute Gasteiger partial charge is 0.481 e. The lowest BCUT2D eigenvalue weighted by Gasteiger charge is -2.30. The zero-order valence-corrected chi connectivity index (χ0v) is 10.9. The van der Waals surface area contributed by atoms with Crippen LogP contribution in [0.15, 0.2) is 0 Å². The number of hydrogen-bond acceptors (Lipinski definition) is 3. The molecule has 5 nitrogen and oxygen atoms in total. The highest BCUT2D eigenvalue weighted by atomic mass is 16.4. The number of hydrogen-bond donors (Lipinski definition) is 2. The molecule has 2 unspecified atom stereocenters. The fourth-order valence-corrected chi connectivity index (χ4v) is 2.65. The number of carbonyl (C=O) groups is 2. The number of carboxylic acids is 1. The molecular weight excluding hydrogens is 232 g/mol. The van der Waals surface area contributed by atoms with Crippen molar-refractivity contribution >= 4 is 11.9 Å². The van der Waals surface area contributed by atoms with Gasteiger partial charge in [0.2, 0.25) is 5.91 Å². The highest BCUT2D eigenvalue weighted by molar-refractivity contribution is 5.79. The van der Waals surface area contributed by atoms with E-state index < -0.39 is 5.97 Å². The van der Waals surface area contributed by atoms with Crippen LogP contribution in [0.4, 0.5) is 0 Å². The molecule has 0 aromatic heterocycles. The van der Waals surface area contributed by atoms with Gasteiger partial charge in [-0.25, -0.2) is 0 Å². The van der Waals surface area contributed by atoms with Crippen molar-refractivity contribution in [2.24, 2.45) is 11.8 Å². The van der Waals surface area contributed by atoms with Gasteiger partial charge in [0.15, 0.2) is 0 Å². The Hall–Kier alpha value is -1.10. The van der Waals surface area contributed by atoms with Gasteiger partial charge in [0.25, 0.3) is 0 Å². The summed E-state index contributed by atoms with van der Waals surface area (Å²) in [6.45, 7) is 3.74. The number of nitrogens with one attached hydrogen (secondary N) is 1. The molecule has 2 N–H and O–H groups in total. The van der Waals surface area contributed by atoms with Gasteiger partial charge in [-0.2, -0.15) is 0 Å². The van der Waals surface area contributed by atoms with E-state index in [-0.39, 0.29) is 11.8 Å². The Balaban J connectivity index is 1.66. The lowest BCUT2D eigenvalue weighted by molar-refractivity contribution is -0.145. The summed E-state index contributed by atoms with van der Waals surface area (Å²) < 4.78 is 0. The van der Waals surface area contributed by atoms with Crippen LogP contribution in [0.5, 0.6) is 0 Å². The highest BCUT2D eigenvalue weighted by Gasteiger charge is 2.35. The zero-order valence-electron chi connectivity index (χ0n) is 10.9. The Morgan fingerprint density at radius 2 is 2.00 bits per heavy atom. The van der Waals surface area contributed by atoms with Crippen molar-refractivity contribution in [2.75, 3.05) is 19.6 Å². The maximum atomic E-state index is 11.9. The first-order valence-corrected chi connectivity index (χ1v) is 6.85. The number of likely N-dealkylation sites (tertiary alicyclic amines) is 1. The monoisotopic (exact) mass is 254 g/mol. The average Bonchev–Trinajstić information content (AvgIpc) is 3.14. The minimum Gasteiger partial charge on any atom is -0.481 e. The summed E-state index contributed by atoms with van der Waals surface area (Å²) in [7, 11) is 0. The molecule has 1 heterocycles. The second-order valence-corrected chi connectivity index (χ2v) is 5.38. The van der Waals surface area contributed by atoms with Gasteiger partial charge < -0.3 is 15.3 Å². The lowest BCUT2D eigenvalue weighted by Crippen LogP contribution is -2.44. The van der Waals surface area contributed by atoms with E-state index in [0.29, 0.717) is 38.5 Å². The second-order valence-electron chi connectivity index (χ2n) is 5.38. The predicted octanol–water partition coefficient (Wildman–Crippen LogP) is 0.698. The molecule has 0 aromatic carbocycles. The van der Waals surface area contributed by atoms with Crippen LogP contribution in [0.25, 0.3) is 0 Å². The zero-order chi connectivity index (χ0) is 13.1. The van der Waals surface area contributed by atoms with Crippen molar-refractivity contribution in [1.82, 2.24) is 10.2 Å². The van der Waals surface area contributed by atoms with Crippen LogP contribution in [0.3, 0.4) is 0 Å². The van der Waals surface area contributed by atoms with Crippen molar-refractivity contribution in [1.29, 1.82) is 0 Å². The van der Waals surface area contributed by atoms with Gasteiger partial charge in [-0.3, -0.25) is 9.59 Å². The Morgan fingerprint density at radius 3 is 2.50 bits per heavy atom. The number of carboxylic acid groups (broad SMARTS) is 1. The molecule has 1 saturated heterocycles. The van der Waals surface area contributed by atoms with E-state index in [4.69, 9.17) is 5.11 Å². The minimum atomic E-state index is -0.732. The third-order valence-corrected chi connectivity index (χ3v) is 4.16. The molecule has 18 heavy (non-hydrogen) atoms. The minimum absolute atomic E-state index is 0.112. The normalized spacial score (nSPS) is 28.2. The van der Waals surface area contributed by atoms with Gasteiger partial charge in [0.1, 0.15) is 0 Å². The average molecular weight is 254 g/mol. The van der Waals surface area contributed by atoms with Gasteiger partial charge >= 0.3 is 5.97 Å². The molecule has 2 atom stereocenters. The number of amides is 1. The summed E-state index contributed by atoms with van der Waals surface area (Å²) in [6, 6.07) is 0.524. The maximum absolute atomic E-state index is 11.9.